The summed E-state index contributed by atoms with van der Waals surface area (Å²) in [5, 5.41) is 5.51. The summed E-state index contributed by atoms with van der Waals surface area (Å²) in [5.41, 5.74) is 6.42. The zero-order valence-corrected chi connectivity index (χ0v) is 11.1. The highest BCUT2D eigenvalue weighted by Crippen LogP contribution is 2.23. The summed E-state index contributed by atoms with van der Waals surface area (Å²) in [4.78, 5) is 0. The molecule has 2 N–H and O–H groups in total. The van der Waals surface area contributed by atoms with Crippen molar-refractivity contribution >= 4 is 0 Å². The lowest BCUT2D eigenvalue weighted by atomic mass is 10.0. The molecule has 2 aliphatic rings. The smallest absolute Gasteiger partial charge is 0.0464 e. The minimum Gasteiger partial charge on any atom is -0.314 e. The van der Waals surface area contributed by atoms with Gasteiger partial charge in [0.15, 0.2) is 0 Å². The van der Waals surface area contributed by atoms with Gasteiger partial charge in [0.05, 0.1) is 0 Å². The van der Waals surface area contributed by atoms with E-state index in [1.807, 2.05) is 27.7 Å². The predicted octanol–water partition coefficient (Wildman–Crippen LogP) is 2.37. The first-order valence-corrected chi connectivity index (χ1v) is 6.21. The molecule has 0 spiro atoms. The summed E-state index contributed by atoms with van der Waals surface area (Å²) in [6.45, 7) is 12.4. The normalized spacial score (nSPS) is 23.6. The third kappa shape index (κ3) is 3.50. The van der Waals surface area contributed by atoms with Crippen molar-refractivity contribution in [3.05, 3.63) is 11.3 Å². The first-order valence-electron chi connectivity index (χ1n) is 6.21. The van der Waals surface area contributed by atoms with Crippen molar-refractivity contribution in [2.24, 2.45) is 0 Å². The minimum atomic E-state index is 0. The molecule has 2 aliphatic heterocycles. The second kappa shape index (κ2) is 7.71. The maximum Gasteiger partial charge on any atom is 0.0464 e. The topological polar surface area (TPSA) is 27.3 Å². The predicted molar refractivity (Wildman–Crippen MR) is 69.7 cm³/mol. The molecule has 0 fully saturated rings. The zero-order chi connectivity index (χ0) is 11.8. The van der Waals surface area contributed by atoms with E-state index in [2.05, 4.69) is 29.7 Å². The van der Waals surface area contributed by atoms with Crippen molar-refractivity contribution in [2.45, 2.75) is 47.1 Å². The van der Waals surface area contributed by atoms with E-state index >= 15 is 0 Å². The fourth-order valence-corrected chi connectivity index (χ4v) is 1.93. The Balaban J connectivity index is 0. The Hall–Kier alpha value is -0.540. The van der Waals surface area contributed by atoms with Gasteiger partial charge in [-0.05, 0) is 25.5 Å². The standard InChI is InChI=1S/C8H15N3.2C2H6.H2/c1-6-7-3-4-9-5-8(7)11(2)10-6;2*1-2;/h6,9-10H,3-5H2,1-2H3;2*1-2H3;1H. The van der Waals surface area contributed by atoms with E-state index in [0.29, 0.717) is 6.04 Å². The van der Waals surface area contributed by atoms with Crippen LogP contribution in [-0.2, 0) is 0 Å². The molecule has 1 unspecified atom stereocenters. The van der Waals surface area contributed by atoms with Crippen LogP contribution in [0.4, 0.5) is 0 Å². The summed E-state index contributed by atoms with van der Waals surface area (Å²) >= 11 is 0. The fourth-order valence-electron chi connectivity index (χ4n) is 1.93. The molecular formula is C12H29N3. The van der Waals surface area contributed by atoms with Crippen LogP contribution in [0.3, 0.4) is 0 Å². The van der Waals surface area contributed by atoms with E-state index in [4.69, 9.17) is 0 Å². The van der Waals surface area contributed by atoms with Crippen LogP contribution in [0.15, 0.2) is 11.3 Å². The van der Waals surface area contributed by atoms with Gasteiger partial charge in [-0.1, -0.05) is 27.7 Å². The van der Waals surface area contributed by atoms with Crippen LogP contribution >= 0.6 is 0 Å². The molecule has 0 amide bonds. The van der Waals surface area contributed by atoms with Crippen LogP contribution < -0.4 is 10.7 Å². The zero-order valence-electron chi connectivity index (χ0n) is 11.1. The van der Waals surface area contributed by atoms with Gasteiger partial charge in [-0.15, -0.1) is 0 Å². The lowest BCUT2D eigenvalue weighted by Gasteiger charge is -2.19. The van der Waals surface area contributed by atoms with Gasteiger partial charge in [-0.3, -0.25) is 0 Å². The van der Waals surface area contributed by atoms with Crippen molar-refractivity contribution in [2.75, 3.05) is 20.1 Å². The molecule has 0 bridgehead atoms. The van der Waals surface area contributed by atoms with Gasteiger partial charge in [0, 0.05) is 26.8 Å². The monoisotopic (exact) mass is 215 g/mol. The summed E-state index contributed by atoms with van der Waals surface area (Å²) in [6.07, 6.45) is 1.20. The third-order valence-corrected chi connectivity index (χ3v) is 2.55. The van der Waals surface area contributed by atoms with Crippen LogP contribution in [-0.4, -0.2) is 31.2 Å². The molecule has 0 aliphatic carbocycles. The second-order valence-electron chi connectivity index (χ2n) is 3.31. The van der Waals surface area contributed by atoms with Crippen molar-refractivity contribution in [1.82, 2.24) is 15.8 Å². The van der Waals surface area contributed by atoms with Gasteiger partial charge in [0.1, 0.15) is 0 Å². The van der Waals surface area contributed by atoms with Crippen molar-refractivity contribution < 1.29 is 1.43 Å². The van der Waals surface area contributed by atoms with E-state index in [1.54, 1.807) is 5.57 Å². The quantitative estimate of drug-likeness (QED) is 0.649. The van der Waals surface area contributed by atoms with Gasteiger partial charge < -0.3 is 10.3 Å². The molecular weight excluding hydrogens is 186 g/mol. The number of nitrogens with zero attached hydrogens (tertiary/aromatic N) is 1. The molecule has 15 heavy (non-hydrogen) atoms. The van der Waals surface area contributed by atoms with Gasteiger partial charge in [-0.25, -0.2) is 5.43 Å². The van der Waals surface area contributed by atoms with Crippen LogP contribution in [0.5, 0.6) is 0 Å². The Morgan fingerprint density at radius 2 is 1.87 bits per heavy atom. The molecule has 92 valence electrons. The van der Waals surface area contributed by atoms with Crippen molar-refractivity contribution in [1.29, 1.82) is 0 Å². The molecule has 0 aromatic heterocycles. The summed E-state index contributed by atoms with van der Waals surface area (Å²) < 4.78 is 0. The van der Waals surface area contributed by atoms with E-state index in [1.165, 1.54) is 12.1 Å². The van der Waals surface area contributed by atoms with Gasteiger partial charge in [-0.2, -0.15) is 0 Å². The molecule has 0 radical (unpaired) electrons. The average molecular weight is 215 g/mol. The number of likely N-dealkylation sites (N-methyl/N-ethyl adjacent to an activating group) is 1. The van der Waals surface area contributed by atoms with Crippen molar-refractivity contribution in [3.63, 3.8) is 0 Å². The highest BCUT2D eigenvalue weighted by molar-refractivity contribution is 5.25. The number of hydrogen-bond acceptors (Lipinski definition) is 3. The molecule has 3 nitrogen and oxygen atoms in total. The first kappa shape index (κ1) is 14.5. The van der Waals surface area contributed by atoms with Crippen molar-refractivity contribution in [3.8, 4) is 0 Å². The highest BCUT2D eigenvalue weighted by Gasteiger charge is 2.26. The number of hydrogen-bond donors (Lipinski definition) is 2. The molecule has 3 heteroatoms. The summed E-state index contributed by atoms with van der Waals surface area (Å²) in [5.74, 6) is 0. The van der Waals surface area contributed by atoms with Crippen LogP contribution in [0.25, 0.3) is 0 Å². The Labute approximate surface area is 96.4 Å². The van der Waals surface area contributed by atoms with Gasteiger partial charge in [0.2, 0.25) is 0 Å². The minimum absolute atomic E-state index is 0. The van der Waals surface area contributed by atoms with Crippen LogP contribution in [0.1, 0.15) is 42.5 Å². The number of nitrogens with one attached hydrogen (secondary N) is 2. The first-order chi connectivity index (χ1) is 7.29. The highest BCUT2D eigenvalue weighted by atomic mass is 15.5. The average Bonchev–Trinajstić information content (AvgIpc) is 2.61. The molecule has 2 rings (SSSR count). The van der Waals surface area contributed by atoms with Gasteiger partial charge >= 0.3 is 0 Å². The Bertz CT molecular complexity index is 184. The number of rotatable bonds is 0. The molecule has 1 atom stereocenters. The maximum atomic E-state index is 3.38. The SMILES string of the molecule is CC.CC.CC1NN(C)C2=C1CCNC2.[HH]. The summed E-state index contributed by atoms with van der Waals surface area (Å²) in [6, 6.07) is 0.553. The summed E-state index contributed by atoms with van der Waals surface area (Å²) in [7, 11) is 2.09. The molecule has 0 saturated carbocycles. The van der Waals surface area contributed by atoms with E-state index < -0.39 is 0 Å². The number of hydrazine groups is 1. The third-order valence-electron chi connectivity index (χ3n) is 2.55. The lowest BCUT2D eigenvalue weighted by Crippen LogP contribution is -2.34. The van der Waals surface area contributed by atoms with E-state index in [9.17, 15) is 0 Å². The fraction of sp³-hybridized carbons (Fsp3) is 0.833. The Kier molecular flexibility index (Phi) is 7.44. The van der Waals surface area contributed by atoms with E-state index in [0.717, 1.165) is 13.1 Å². The second-order valence-corrected chi connectivity index (χ2v) is 3.31. The largest absolute Gasteiger partial charge is 0.314 e. The Morgan fingerprint density at radius 1 is 1.27 bits per heavy atom. The molecule has 0 saturated heterocycles. The van der Waals surface area contributed by atoms with Crippen LogP contribution in [0, 0.1) is 0 Å². The van der Waals surface area contributed by atoms with Gasteiger partial charge in [0.25, 0.3) is 0 Å². The lowest BCUT2D eigenvalue weighted by molar-refractivity contribution is 0.309. The Morgan fingerprint density at radius 3 is 2.40 bits per heavy atom. The van der Waals surface area contributed by atoms with E-state index in [-0.39, 0.29) is 1.43 Å². The maximum absolute atomic E-state index is 3.38. The molecule has 2 heterocycles. The molecule has 0 aromatic carbocycles. The van der Waals surface area contributed by atoms with Crippen LogP contribution in [0.2, 0.25) is 0 Å². The molecule has 0 aromatic rings.